The standard InChI is InChI=1S/C24H25F3N4O3S/c1-13-8-14(10-15(9-13)30-21-28-7-5-18(31-21)24(25,26)27)17-11-29-20(35-17)23(34)6-4-16(19(32)33)22(2,3)12-23/h5,7-11,16,34H,4,6,12H2,1-3H3,(H,32,33)(H,28,30,31)/t16-,23-/m1/s1/i1D3. The molecule has 0 bridgehead atoms. The smallest absolute Gasteiger partial charge is 0.433 e. The molecule has 1 aromatic carbocycles. The summed E-state index contributed by atoms with van der Waals surface area (Å²) in [5.41, 5.74) is -2.69. The third kappa shape index (κ3) is 5.30. The molecule has 35 heavy (non-hydrogen) atoms. The van der Waals surface area contributed by atoms with E-state index in [9.17, 15) is 28.2 Å². The first kappa shape index (κ1) is 21.3. The van der Waals surface area contributed by atoms with E-state index in [1.165, 1.54) is 24.4 Å². The number of rotatable bonds is 5. The zero-order valence-electron chi connectivity index (χ0n) is 21.8. The number of aryl methyl sites for hydroxylation is 1. The van der Waals surface area contributed by atoms with Crippen LogP contribution < -0.4 is 5.32 Å². The Balaban J connectivity index is 1.68. The van der Waals surface area contributed by atoms with E-state index in [-0.39, 0.29) is 36.5 Å². The number of aliphatic carboxylic acids is 1. The average molecular weight is 510 g/mol. The molecule has 0 spiro atoms. The fourth-order valence-electron chi connectivity index (χ4n) is 4.55. The maximum atomic E-state index is 13.1. The number of carbonyl (C=O) groups is 1. The van der Waals surface area contributed by atoms with Gasteiger partial charge < -0.3 is 15.5 Å². The molecule has 4 rings (SSSR count). The molecule has 7 nitrogen and oxygen atoms in total. The Morgan fingerprint density at radius 1 is 1.29 bits per heavy atom. The summed E-state index contributed by atoms with van der Waals surface area (Å²) in [4.78, 5) is 23.8. The molecule has 2 atom stereocenters. The third-order valence-corrected chi connectivity index (χ3v) is 7.40. The summed E-state index contributed by atoms with van der Waals surface area (Å²) in [7, 11) is 0. The van der Waals surface area contributed by atoms with Crippen molar-refractivity contribution < 1.29 is 32.3 Å². The van der Waals surface area contributed by atoms with Crippen molar-refractivity contribution in [2.45, 2.75) is 51.7 Å². The van der Waals surface area contributed by atoms with Gasteiger partial charge in [-0.1, -0.05) is 19.9 Å². The summed E-state index contributed by atoms with van der Waals surface area (Å²) in [6.45, 7) is 1.06. The molecule has 3 N–H and O–H groups in total. The van der Waals surface area contributed by atoms with Gasteiger partial charge in [0.15, 0.2) is 0 Å². The molecule has 0 amide bonds. The van der Waals surface area contributed by atoms with Crippen molar-refractivity contribution >= 4 is 28.9 Å². The van der Waals surface area contributed by atoms with Gasteiger partial charge in [0.25, 0.3) is 0 Å². The van der Waals surface area contributed by atoms with Crippen LogP contribution in [0, 0.1) is 18.2 Å². The molecule has 1 saturated carbocycles. The first-order chi connectivity index (χ1) is 17.5. The van der Waals surface area contributed by atoms with E-state index in [0.717, 1.165) is 23.6 Å². The van der Waals surface area contributed by atoms with Gasteiger partial charge in [-0.2, -0.15) is 13.2 Å². The molecule has 2 heterocycles. The van der Waals surface area contributed by atoms with Crippen molar-refractivity contribution in [2.24, 2.45) is 11.3 Å². The maximum Gasteiger partial charge on any atom is 0.433 e. The van der Waals surface area contributed by atoms with Gasteiger partial charge in [0.05, 0.1) is 10.8 Å². The quantitative estimate of drug-likeness (QED) is 0.401. The normalized spacial score (nSPS) is 23.7. The summed E-state index contributed by atoms with van der Waals surface area (Å²) in [5, 5.41) is 24.0. The van der Waals surface area contributed by atoms with E-state index in [4.69, 9.17) is 4.11 Å². The highest BCUT2D eigenvalue weighted by molar-refractivity contribution is 7.15. The minimum absolute atomic E-state index is 0.0683. The van der Waals surface area contributed by atoms with E-state index in [2.05, 4.69) is 20.3 Å². The van der Waals surface area contributed by atoms with E-state index in [1.54, 1.807) is 13.8 Å². The second kappa shape index (κ2) is 8.87. The highest BCUT2D eigenvalue weighted by Crippen LogP contribution is 2.51. The molecule has 0 radical (unpaired) electrons. The van der Waals surface area contributed by atoms with Crippen LogP contribution in [0.5, 0.6) is 0 Å². The van der Waals surface area contributed by atoms with Crippen LogP contribution in [0.2, 0.25) is 0 Å². The zero-order valence-corrected chi connectivity index (χ0v) is 19.7. The largest absolute Gasteiger partial charge is 0.481 e. The molecule has 1 aliphatic rings. The van der Waals surface area contributed by atoms with Crippen LogP contribution in [0.15, 0.2) is 36.7 Å². The van der Waals surface area contributed by atoms with Crippen molar-refractivity contribution in [2.75, 3.05) is 5.32 Å². The van der Waals surface area contributed by atoms with Crippen LogP contribution in [-0.2, 0) is 16.6 Å². The Hall–Kier alpha value is -3.05. The summed E-state index contributed by atoms with van der Waals surface area (Å²) < 4.78 is 62.7. The van der Waals surface area contributed by atoms with Crippen LogP contribution in [0.25, 0.3) is 10.4 Å². The number of anilines is 2. The fourth-order valence-corrected chi connectivity index (χ4v) is 5.57. The van der Waals surface area contributed by atoms with Crippen molar-refractivity contribution in [1.82, 2.24) is 15.0 Å². The Bertz CT molecular complexity index is 1360. The van der Waals surface area contributed by atoms with Gasteiger partial charge in [0, 0.05) is 22.2 Å². The maximum absolute atomic E-state index is 13.1. The topological polar surface area (TPSA) is 108 Å². The number of benzene rings is 1. The van der Waals surface area contributed by atoms with Gasteiger partial charge in [0.1, 0.15) is 16.3 Å². The molecular weight excluding hydrogens is 481 g/mol. The molecule has 11 heteroatoms. The lowest BCUT2D eigenvalue weighted by Crippen LogP contribution is -2.44. The predicted octanol–water partition coefficient (Wildman–Crippen LogP) is 5.77. The number of carboxylic acids is 1. The van der Waals surface area contributed by atoms with Crippen molar-refractivity contribution in [3.05, 3.63) is 52.9 Å². The van der Waals surface area contributed by atoms with Gasteiger partial charge in [-0.05, 0) is 60.9 Å². The Kier molecular flexibility index (Phi) is 5.38. The van der Waals surface area contributed by atoms with Crippen molar-refractivity contribution in [3.63, 3.8) is 0 Å². The van der Waals surface area contributed by atoms with E-state index < -0.39 is 41.6 Å². The molecule has 0 unspecified atom stereocenters. The second-order valence-corrected chi connectivity index (χ2v) is 10.4. The van der Waals surface area contributed by atoms with Crippen LogP contribution in [0.3, 0.4) is 0 Å². The summed E-state index contributed by atoms with van der Waals surface area (Å²) in [5.74, 6) is -1.88. The number of nitrogens with one attached hydrogen (secondary N) is 1. The molecule has 1 fully saturated rings. The van der Waals surface area contributed by atoms with Crippen LogP contribution in [0.4, 0.5) is 24.8 Å². The van der Waals surface area contributed by atoms with Gasteiger partial charge in [-0.25, -0.2) is 15.0 Å². The van der Waals surface area contributed by atoms with Crippen LogP contribution >= 0.6 is 11.3 Å². The fraction of sp³-hybridized carbons (Fsp3) is 0.417. The lowest BCUT2D eigenvalue weighted by Gasteiger charge is -2.44. The first-order valence-electron chi connectivity index (χ1n) is 12.2. The summed E-state index contributed by atoms with van der Waals surface area (Å²) in [6.07, 6.45) is -1.59. The van der Waals surface area contributed by atoms with E-state index >= 15 is 0 Å². The Morgan fingerprint density at radius 3 is 2.71 bits per heavy atom. The minimum atomic E-state index is -4.68. The van der Waals surface area contributed by atoms with Crippen LogP contribution in [0.1, 0.15) is 53.5 Å². The summed E-state index contributed by atoms with van der Waals surface area (Å²) in [6, 6.07) is 4.97. The highest BCUT2D eigenvalue weighted by Gasteiger charge is 2.49. The number of aliphatic hydroxyl groups is 1. The second-order valence-electron chi connectivity index (χ2n) is 9.34. The number of alkyl halides is 3. The van der Waals surface area contributed by atoms with Gasteiger partial charge in [-0.3, -0.25) is 4.79 Å². The lowest BCUT2D eigenvalue weighted by atomic mass is 9.63. The lowest BCUT2D eigenvalue weighted by molar-refractivity contribution is -0.154. The average Bonchev–Trinajstić information content (AvgIpc) is 3.28. The number of hydrogen-bond acceptors (Lipinski definition) is 7. The molecule has 186 valence electrons. The summed E-state index contributed by atoms with van der Waals surface area (Å²) >= 11 is 1.14. The molecule has 0 aliphatic heterocycles. The number of aromatic nitrogens is 3. The molecule has 1 aliphatic carbocycles. The molecule has 3 aromatic rings. The van der Waals surface area contributed by atoms with Gasteiger partial charge in [0.2, 0.25) is 5.95 Å². The highest BCUT2D eigenvalue weighted by atomic mass is 32.1. The predicted molar refractivity (Wildman–Crippen MR) is 125 cm³/mol. The third-order valence-electron chi connectivity index (χ3n) is 6.16. The molecule has 2 aromatic heterocycles. The van der Waals surface area contributed by atoms with Gasteiger partial charge in [-0.15, -0.1) is 11.3 Å². The zero-order chi connectivity index (χ0) is 28.1. The number of nitrogens with zero attached hydrogens (tertiary/aromatic N) is 3. The minimum Gasteiger partial charge on any atom is -0.481 e. The monoisotopic (exact) mass is 509 g/mol. The molecule has 0 saturated heterocycles. The number of halogens is 3. The Labute approximate surface area is 208 Å². The number of hydrogen-bond donors (Lipinski definition) is 3. The number of thiazole rings is 1. The first-order valence-corrected chi connectivity index (χ1v) is 11.5. The Morgan fingerprint density at radius 2 is 2.06 bits per heavy atom. The number of carboxylic acid groups (broad SMARTS) is 1. The van der Waals surface area contributed by atoms with E-state index in [0.29, 0.717) is 15.4 Å². The SMILES string of the molecule is [2H]C([2H])([2H])c1cc(Nc2nccc(C(F)(F)F)n2)cc(-c2cnc([C@@]3(O)CC[C@H](C(=O)O)C(C)(C)C3)s2)c1. The molecular formula is C24H25F3N4O3S. The van der Waals surface area contributed by atoms with Crippen LogP contribution in [-0.4, -0.2) is 31.1 Å². The van der Waals surface area contributed by atoms with Crippen molar-refractivity contribution in [1.29, 1.82) is 0 Å². The van der Waals surface area contributed by atoms with Crippen molar-refractivity contribution in [3.8, 4) is 10.4 Å². The van der Waals surface area contributed by atoms with Gasteiger partial charge >= 0.3 is 12.1 Å². The van der Waals surface area contributed by atoms with E-state index in [1.807, 2.05) is 0 Å².